The second-order valence-corrected chi connectivity index (χ2v) is 5.27. The molecule has 0 spiro atoms. The number of carboxylic acid groups (broad SMARTS) is 1. The van der Waals surface area contributed by atoms with Gasteiger partial charge in [-0.1, -0.05) is 0 Å². The number of carboxylic acids is 1. The molecule has 5 N–H and O–H groups in total. The van der Waals surface area contributed by atoms with E-state index in [1.54, 1.807) is 0 Å². The van der Waals surface area contributed by atoms with Gasteiger partial charge in [-0.15, -0.1) is 0 Å². The normalized spacial score (nSPS) is 24.7. The van der Waals surface area contributed by atoms with Crippen LogP contribution in [0.2, 0.25) is 0 Å². The molecular weight excluding hydrogens is 372 g/mol. The van der Waals surface area contributed by atoms with E-state index in [1.165, 1.54) is 0 Å². The Morgan fingerprint density at radius 2 is 1.92 bits per heavy atom. The quantitative estimate of drug-likeness (QED) is 0.321. The number of fused-ring (bicyclic) bond motifs is 1. The van der Waals surface area contributed by atoms with Gasteiger partial charge in [0.25, 0.3) is 11.1 Å². The number of carbonyl (C=O) groups is 1. The van der Waals surface area contributed by atoms with E-state index < -0.39 is 48.2 Å². The predicted molar refractivity (Wildman–Crippen MR) is 76.6 cm³/mol. The summed E-state index contributed by atoms with van der Waals surface area (Å²) in [4.78, 5) is 39.2. The Bertz CT molecular complexity index is 930. The van der Waals surface area contributed by atoms with Crippen molar-refractivity contribution in [2.45, 2.75) is 24.5 Å². The molecule has 0 aromatic carbocycles. The summed E-state index contributed by atoms with van der Waals surface area (Å²) in [5, 5.41) is 39.6. The molecule has 26 heavy (non-hydrogen) atoms. The number of hydrogen-bond donors (Lipinski definition) is 5. The molecule has 0 amide bonds. The number of nitrogens with one attached hydrogen (secondary N) is 1. The molecule has 1 fully saturated rings. The van der Waals surface area contributed by atoms with Gasteiger partial charge >= 0.3 is 65.1 Å². The number of nitrogens with zero attached hydrogens (tertiary/aromatic N) is 2. The van der Waals surface area contributed by atoms with Crippen LogP contribution < -0.4 is 70.2 Å². The van der Waals surface area contributed by atoms with Crippen LogP contribution in [0.5, 0.6) is 0 Å². The van der Waals surface area contributed by atoms with Gasteiger partial charge in [0, 0.05) is 6.20 Å². The molecule has 1 aliphatic heterocycles. The maximum absolute atomic E-state index is 12.4. The third-order valence-electron chi connectivity index (χ3n) is 3.79. The largest absolute Gasteiger partial charge is 1.00 e. The van der Waals surface area contributed by atoms with Crippen LogP contribution >= 0.6 is 0 Å². The number of pyridine rings is 1. The molecule has 128 valence electrons. The van der Waals surface area contributed by atoms with E-state index in [2.05, 4.69) is 10.1 Å². The number of hydrogen-bond acceptors (Lipinski definition) is 8. The number of ether oxygens (including phenoxy) is 1. The first-order valence-electron chi connectivity index (χ1n) is 6.85. The van der Waals surface area contributed by atoms with Crippen LogP contribution in [0.15, 0.2) is 21.9 Å². The fraction of sp³-hybridized carbons (Fsp3) is 0.385. The van der Waals surface area contributed by atoms with Crippen LogP contribution in [0.25, 0.3) is 10.9 Å². The van der Waals surface area contributed by atoms with E-state index in [-0.39, 0.29) is 75.6 Å². The molecule has 2 aromatic rings. The Kier molecular flexibility index (Phi) is 8.17. The van der Waals surface area contributed by atoms with Gasteiger partial charge in [-0.2, -0.15) is 0 Å². The summed E-state index contributed by atoms with van der Waals surface area (Å²) < 4.78 is 5.84. The van der Waals surface area contributed by atoms with E-state index in [9.17, 15) is 24.6 Å². The summed E-state index contributed by atoms with van der Waals surface area (Å²) in [5.41, 5.74) is -2.26. The third-order valence-corrected chi connectivity index (χ3v) is 3.79. The van der Waals surface area contributed by atoms with Gasteiger partial charge in [-0.3, -0.25) is 14.7 Å². The summed E-state index contributed by atoms with van der Waals surface area (Å²) in [6, 6.07) is 1.01. The van der Waals surface area contributed by atoms with Crippen molar-refractivity contribution in [3.05, 3.63) is 38.5 Å². The average Bonchev–Trinajstić information content (AvgIpc) is 2.85. The predicted octanol–water partition coefficient (Wildman–Crippen LogP) is -8.60. The van der Waals surface area contributed by atoms with Crippen LogP contribution in [-0.2, 0) is 4.74 Å². The first-order chi connectivity index (χ1) is 11.3. The molecule has 3 heterocycles. The van der Waals surface area contributed by atoms with Gasteiger partial charge in [0.15, 0.2) is 6.23 Å². The zero-order chi connectivity index (χ0) is 17.6. The number of aromatic nitrogens is 3. The van der Waals surface area contributed by atoms with E-state index >= 15 is 0 Å². The van der Waals surface area contributed by atoms with Crippen LogP contribution in [0.3, 0.4) is 0 Å². The van der Waals surface area contributed by atoms with E-state index in [0.717, 1.165) is 12.3 Å². The van der Waals surface area contributed by atoms with Crippen molar-refractivity contribution in [3.8, 4) is 0 Å². The van der Waals surface area contributed by atoms with Gasteiger partial charge in [0.2, 0.25) is 0 Å². The van der Waals surface area contributed by atoms with Crippen LogP contribution in [0, 0.1) is 0 Å². The molecule has 0 unspecified atom stereocenters. The minimum absolute atomic E-state index is 0. The standard InChI is InChI=1S/C13H13N3O8.2Na/c17-3-6-8(18)9(19)12(24-6)16-11(21)7-5(10(20)15-16)1-4(2-14-7)13(22)23;;/h1-2,6,8-9,12,17-19H,3H2,(H,15,20)(H,22,23);;/q;2*+1/t6-,8-,9-,12-;;/m1../s1. The summed E-state index contributed by atoms with van der Waals surface area (Å²) >= 11 is 0. The fourth-order valence-corrected chi connectivity index (χ4v) is 2.53. The van der Waals surface area contributed by atoms with Crippen LogP contribution in [-0.4, -0.2) is 66.1 Å². The second-order valence-electron chi connectivity index (χ2n) is 5.27. The number of aliphatic hydroxyl groups is 3. The Balaban J connectivity index is 0.00000169. The zero-order valence-electron chi connectivity index (χ0n) is 14.0. The molecule has 3 rings (SSSR count). The molecule has 4 atom stereocenters. The van der Waals surface area contributed by atoms with Crippen LogP contribution in [0.4, 0.5) is 0 Å². The summed E-state index contributed by atoms with van der Waals surface area (Å²) in [6.07, 6.45) is -4.64. The SMILES string of the molecule is O=C(O)c1cnc2c(=O)n([C@@H]3O[C@H](CO)[C@@H](O)[C@H]3O)[nH]c(=O)c2c1.[Na+].[Na+]. The maximum atomic E-state index is 12.4. The van der Waals surface area contributed by atoms with Crippen molar-refractivity contribution in [3.63, 3.8) is 0 Å². The number of aromatic carboxylic acids is 1. The number of aromatic amines is 1. The first kappa shape index (κ1) is 23.4. The smallest absolute Gasteiger partial charge is 0.478 e. The minimum atomic E-state index is -1.56. The van der Waals surface area contributed by atoms with Crippen molar-refractivity contribution in [2.24, 2.45) is 0 Å². The fourth-order valence-electron chi connectivity index (χ4n) is 2.53. The van der Waals surface area contributed by atoms with Gasteiger partial charge in [0.1, 0.15) is 23.8 Å². The topological polar surface area (TPSA) is 175 Å². The zero-order valence-corrected chi connectivity index (χ0v) is 18.0. The molecule has 1 saturated heterocycles. The van der Waals surface area contributed by atoms with E-state index in [1.807, 2.05) is 0 Å². The Morgan fingerprint density at radius 3 is 2.46 bits per heavy atom. The molecule has 0 bridgehead atoms. The number of aliphatic hydroxyl groups excluding tert-OH is 3. The summed E-state index contributed by atoms with van der Waals surface area (Å²) in [5.74, 6) is -1.31. The van der Waals surface area contributed by atoms with E-state index in [0.29, 0.717) is 4.68 Å². The first-order valence-corrected chi connectivity index (χ1v) is 6.85. The summed E-state index contributed by atoms with van der Waals surface area (Å²) in [7, 11) is 0. The van der Waals surface area contributed by atoms with Crippen LogP contribution in [0.1, 0.15) is 16.6 Å². The Hall–Kier alpha value is -0.600. The van der Waals surface area contributed by atoms with Crippen molar-refractivity contribution in [2.75, 3.05) is 6.61 Å². The molecule has 13 heteroatoms. The van der Waals surface area contributed by atoms with Gasteiger partial charge < -0.3 is 25.2 Å². The van der Waals surface area contributed by atoms with Gasteiger partial charge in [0.05, 0.1) is 17.6 Å². The number of rotatable bonds is 3. The molecule has 11 nitrogen and oxygen atoms in total. The molecule has 0 aliphatic carbocycles. The van der Waals surface area contributed by atoms with Crippen molar-refractivity contribution >= 4 is 16.9 Å². The molecule has 0 radical (unpaired) electrons. The average molecular weight is 385 g/mol. The third kappa shape index (κ3) is 3.97. The molecule has 1 aliphatic rings. The number of H-pyrrole nitrogens is 1. The van der Waals surface area contributed by atoms with Gasteiger partial charge in [-0.25, -0.2) is 14.5 Å². The Labute approximate surface area is 189 Å². The monoisotopic (exact) mass is 385 g/mol. The van der Waals surface area contributed by atoms with Crippen molar-refractivity contribution in [1.82, 2.24) is 14.8 Å². The molecule has 0 saturated carbocycles. The van der Waals surface area contributed by atoms with Gasteiger partial charge in [-0.05, 0) is 6.07 Å². The molecular formula is C13H13N3Na2O8+2. The van der Waals surface area contributed by atoms with Crippen molar-refractivity contribution < 1.29 is 89.1 Å². The maximum Gasteiger partial charge on any atom is 1.00 e. The molecule has 2 aromatic heterocycles. The Morgan fingerprint density at radius 1 is 1.27 bits per heavy atom. The van der Waals surface area contributed by atoms with E-state index in [4.69, 9.17) is 14.9 Å². The second kappa shape index (κ2) is 9.06. The van der Waals surface area contributed by atoms with Crippen molar-refractivity contribution in [1.29, 1.82) is 0 Å². The minimum Gasteiger partial charge on any atom is -0.478 e. The summed E-state index contributed by atoms with van der Waals surface area (Å²) in [6.45, 7) is -0.596.